The molecule has 1 amide bonds. The highest BCUT2D eigenvalue weighted by Crippen LogP contribution is 2.27. The lowest BCUT2D eigenvalue weighted by Crippen LogP contribution is -2.35. The zero-order valence-corrected chi connectivity index (χ0v) is 12.4. The number of amides is 1. The van der Waals surface area contributed by atoms with E-state index < -0.39 is 0 Å². The van der Waals surface area contributed by atoms with Crippen molar-refractivity contribution in [2.75, 3.05) is 13.6 Å². The monoisotopic (exact) mass is 281 g/mol. The molecule has 1 aliphatic carbocycles. The van der Waals surface area contributed by atoms with Crippen molar-refractivity contribution >= 4 is 17.5 Å². The van der Waals surface area contributed by atoms with Gasteiger partial charge >= 0.3 is 0 Å². The first-order valence-corrected chi connectivity index (χ1v) is 7.14. The smallest absolute Gasteiger partial charge is 0.273 e. The third-order valence-electron chi connectivity index (χ3n) is 3.59. The molecule has 104 valence electrons. The predicted octanol–water partition coefficient (Wildman–Crippen LogP) is 3.13. The number of rotatable bonds is 4. The van der Waals surface area contributed by atoms with Crippen LogP contribution in [0.25, 0.3) is 0 Å². The minimum Gasteiger partial charge on any atom is -0.340 e. The van der Waals surface area contributed by atoms with Crippen LogP contribution in [0.3, 0.4) is 0 Å². The Balaban J connectivity index is 2.14. The Morgan fingerprint density at radius 1 is 1.53 bits per heavy atom. The largest absolute Gasteiger partial charge is 0.340 e. The van der Waals surface area contributed by atoms with E-state index >= 15 is 0 Å². The van der Waals surface area contributed by atoms with Gasteiger partial charge in [0.25, 0.3) is 5.91 Å². The van der Waals surface area contributed by atoms with Crippen LogP contribution in [-0.2, 0) is 0 Å². The molecular formula is C14H20ClN3O. The molecule has 0 atom stereocenters. The molecule has 0 radical (unpaired) electrons. The second-order valence-corrected chi connectivity index (χ2v) is 5.97. The third-order valence-corrected chi connectivity index (χ3v) is 3.86. The Morgan fingerprint density at radius 3 is 2.74 bits per heavy atom. The van der Waals surface area contributed by atoms with Gasteiger partial charge in [0.05, 0.1) is 11.2 Å². The highest BCUT2D eigenvalue weighted by Gasteiger charge is 2.24. The van der Waals surface area contributed by atoms with Gasteiger partial charge in [-0.05, 0) is 18.8 Å². The maximum Gasteiger partial charge on any atom is 0.273 e. The Bertz CT molecular complexity index is 472. The summed E-state index contributed by atoms with van der Waals surface area (Å²) in [7, 11) is 1.81. The minimum atomic E-state index is -0.110. The van der Waals surface area contributed by atoms with E-state index in [-0.39, 0.29) is 11.8 Å². The lowest BCUT2D eigenvalue weighted by atomic mass is 9.85. The molecule has 1 saturated carbocycles. The molecule has 0 aliphatic heterocycles. The summed E-state index contributed by atoms with van der Waals surface area (Å²) in [5.41, 5.74) is 0.321. The van der Waals surface area contributed by atoms with Gasteiger partial charge in [-0.2, -0.15) is 0 Å². The molecule has 5 heteroatoms. The first-order valence-electron chi connectivity index (χ1n) is 6.77. The van der Waals surface area contributed by atoms with Crippen LogP contribution >= 0.6 is 11.6 Å². The van der Waals surface area contributed by atoms with Crippen LogP contribution < -0.4 is 0 Å². The Morgan fingerprint density at radius 2 is 2.21 bits per heavy atom. The highest BCUT2D eigenvalue weighted by molar-refractivity contribution is 6.33. The van der Waals surface area contributed by atoms with Gasteiger partial charge < -0.3 is 4.90 Å². The minimum absolute atomic E-state index is 0.110. The van der Waals surface area contributed by atoms with Gasteiger partial charge in [-0.25, -0.2) is 9.97 Å². The molecular weight excluding hydrogens is 262 g/mol. The Hall–Kier alpha value is -1.16. The van der Waals surface area contributed by atoms with Gasteiger partial charge in [0.2, 0.25) is 0 Å². The molecule has 1 fully saturated rings. The van der Waals surface area contributed by atoms with Crippen LogP contribution in [0, 0.1) is 5.92 Å². The fraction of sp³-hybridized carbons (Fsp3) is 0.643. The van der Waals surface area contributed by atoms with E-state index in [9.17, 15) is 4.79 Å². The second-order valence-electron chi connectivity index (χ2n) is 5.56. The first kappa shape index (κ1) is 14.3. The summed E-state index contributed by atoms with van der Waals surface area (Å²) < 4.78 is 0. The summed E-state index contributed by atoms with van der Waals surface area (Å²) in [5.74, 6) is 1.37. The van der Waals surface area contributed by atoms with Crippen LogP contribution in [0.15, 0.2) is 6.20 Å². The van der Waals surface area contributed by atoms with Gasteiger partial charge in [0.15, 0.2) is 5.69 Å². The maximum atomic E-state index is 12.4. The SMILES string of the molecule is CC(C)c1ncc(Cl)c(C(=O)N(C)CC2CCC2)n1. The molecule has 4 nitrogen and oxygen atoms in total. The predicted molar refractivity (Wildman–Crippen MR) is 75.4 cm³/mol. The summed E-state index contributed by atoms with van der Waals surface area (Å²) in [6.07, 6.45) is 5.23. The summed E-state index contributed by atoms with van der Waals surface area (Å²) in [6, 6.07) is 0. The molecule has 0 saturated heterocycles. The standard InChI is InChI=1S/C14H20ClN3O/c1-9(2)13-16-7-11(15)12(17-13)14(19)18(3)8-10-5-4-6-10/h7,9-10H,4-6,8H2,1-3H3. The van der Waals surface area contributed by atoms with Crippen molar-refractivity contribution in [2.24, 2.45) is 5.92 Å². The van der Waals surface area contributed by atoms with E-state index in [1.165, 1.54) is 25.5 Å². The van der Waals surface area contributed by atoms with Gasteiger partial charge in [0, 0.05) is 19.5 Å². The fourth-order valence-electron chi connectivity index (χ4n) is 2.14. The topological polar surface area (TPSA) is 46.1 Å². The molecule has 2 rings (SSSR count). The van der Waals surface area contributed by atoms with Crippen LogP contribution in [0.2, 0.25) is 5.02 Å². The molecule has 1 aromatic rings. The number of hydrogen-bond donors (Lipinski definition) is 0. The lowest BCUT2D eigenvalue weighted by molar-refractivity contribution is 0.0739. The number of carbonyl (C=O) groups excluding carboxylic acids is 1. The average Bonchev–Trinajstić information content (AvgIpc) is 2.33. The number of nitrogens with zero attached hydrogens (tertiary/aromatic N) is 3. The summed E-state index contributed by atoms with van der Waals surface area (Å²) in [5, 5.41) is 0.329. The van der Waals surface area contributed by atoms with Crippen LogP contribution in [0.5, 0.6) is 0 Å². The van der Waals surface area contributed by atoms with Gasteiger partial charge in [-0.15, -0.1) is 0 Å². The third kappa shape index (κ3) is 3.24. The summed E-state index contributed by atoms with van der Waals surface area (Å²) in [6.45, 7) is 4.78. The van der Waals surface area contributed by atoms with Crippen molar-refractivity contribution in [3.8, 4) is 0 Å². The molecule has 0 spiro atoms. The highest BCUT2D eigenvalue weighted by atomic mass is 35.5. The quantitative estimate of drug-likeness (QED) is 0.852. The van der Waals surface area contributed by atoms with Crippen molar-refractivity contribution in [3.63, 3.8) is 0 Å². The number of aromatic nitrogens is 2. The van der Waals surface area contributed by atoms with Crippen molar-refractivity contribution < 1.29 is 4.79 Å². The van der Waals surface area contributed by atoms with Gasteiger partial charge in [0.1, 0.15) is 5.82 Å². The summed E-state index contributed by atoms with van der Waals surface area (Å²) >= 11 is 6.05. The molecule has 0 bridgehead atoms. The second kappa shape index (κ2) is 5.87. The van der Waals surface area contributed by atoms with Crippen molar-refractivity contribution in [3.05, 3.63) is 22.7 Å². The molecule has 0 unspecified atom stereocenters. The van der Waals surface area contributed by atoms with Crippen molar-refractivity contribution in [1.82, 2.24) is 14.9 Å². The number of halogens is 1. The van der Waals surface area contributed by atoms with E-state index in [0.717, 1.165) is 6.54 Å². The molecule has 19 heavy (non-hydrogen) atoms. The van der Waals surface area contributed by atoms with Crippen molar-refractivity contribution in [2.45, 2.75) is 39.0 Å². The van der Waals surface area contributed by atoms with E-state index in [4.69, 9.17) is 11.6 Å². The molecule has 0 aromatic carbocycles. The van der Waals surface area contributed by atoms with Gasteiger partial charge in [-0.1, -0.05) is 31.9 Å². The maximum absolute atomic E-state index is 12.4. The lowest BCUT2D eigenvalue weighted by Gasteiger charge is -2.30. The zero-order chi connectivity index (χ0) is 14.0. The normalized spacial score (nSPS) is 15.4. The van der Waals surface area contributed by atoms with Crippen LogP contribution in [-0.4, -0.2) is 34.4 Å². The molecule has 0 N–H and O–H groups in total. The van der Waals surface area contributed by atoms with E-state index in [1.807, 2.05) is 20.9 Å². The molecule has 1 aromatic heterocycles. The zero-order valence-electron chi connectivity index (χ0n) is 11.7. The summed E-state index contributed by atoms with van der Waals surface area (Å²) in [4.78, 5) is 22.6. The van der Waals surface area contributed by atoms with Gasteiger partial charge in [-0.3, -0.25) is 4.79 Å². The fourth-order valence-corrected chi connectivity index (χ4v) is 2.31. The number of carbonyl (C=O) groups is 1. The molecule has 1 heterocycles. The average molecular weight is 282 g/mol. The van der Waals surface area contributed by atoms with Crippen molar-refractivity contribution in [1.29, 1.82) is 0 Å². The first-order chi connectivity index (χ1) is 8.99. The Kier molecular flexibility index (Phi) is 4.40. The van der Waals surface area contributed by atoms with Crippen LogP contribution in [0.4, 0.5) is 0 Å². The number of hydrogen-bond acceptors (Lipinski definition) is 3. The van der Waals surface area contributed by atoms with E-state index in [2.05, 4.69) is 9.97 Å². The van der Waals surface area contributed by atoms with E-state index in [1.54, 1.807) is 4.90 Å². The molecule has 1 aliphatic rings. The Labute approximate surface area is 119 Å². The van der Waals surface area contributed by atoms with E-state index in [0.29, 0.717) is 22.5 Å². The van der Waals surface area contributed by atoms with Crippen LogP contribution in [0.1, 0.15) is 55.3 Å².